The Hall–Kier alpha value is -0.940. The van der Waals surface area contributed by atoms with Crippen molar-refractivity contribution in [2.45, 2.75) is 32.7 Å². The van der Waals surface area contributed by atoms with Gasteiger partial charge in [-0.05, 0) is 26.7 Å². The van der Waals surface area contributed by atoms with Gasteiger partial charge in [-0.2, -0.15) is 0 Å². The van der Waals surface area contributed by atoms with Gasteiger partial charge in [-0.25, -0.2) is 5.01 Å². The molecule has 1 aliphatic rings. The Bertz CT molecular complexity index is 292. The lowest BCUT2D eigenvalue weighted by Gasteiger charge is -2.30. The molecular formula is C9H17N5. The highest BCUT2D eigenvalue weighted by Crippen LogP contribution is 2.23. The summed E-state index contributed by atoms with van der Waals surface area (Å²) in [4.78, 5) is 0. The topological polar surface area (TPSA) is 60.0 Å². The minimum atomic E-state index is 0.532. The molecule has 2 rings (SSSR count). The van der Waals surface area contributed by atoms with E-state index < -0.39 is 0 Å². The summed E-state index contributed by atoms with van der Waals surface area (Å²) in [5.41, 5.74) is 0. The molecule has 0 spiro atoms. The van der Waals surface area contributed by atoms with Crippen molar-refractivity contribution in [3.8, 4) is 0 Å². The van der Waals surface area contributed by atoms with Gasteiger partial charge in [-0.15, -0.1) is 10.2 Å². The van der Waals surface area contributed by atoms with Crippen LogP contribution in [0.1, 0.15) is 30.5 Å². The Balaban J connectivity index is 2.15. The maximum absolute atomic E-state index is 5.72. The van der Waals surface area contributed by atoms with Crippen molar-refractivity contribution >= 4 is 0 Å². The van der Waals surface area contributed by atoms with Gasteiger partial charge in [0.15, 0.2) is 0 Å². The fourth-order valence-corrected chi connectivity index (χ4v) is 2.15. The van der Waals surface area contributed by atoms with Crippen LogP contribution in [0, 0.1) is 13.8 Å². The molecule has 0 radical (unpaired) electrons. The number of rotatable bonds is 1. The smallest absolute Gasteiger partial charge is 0.130 e. The molecule has 0 amide bonds. The van der Waals surface area contributed by atoms with Crippen molar-refractivity contribution in [2.24, 2.45) is 5.84 Å². The predicted molar refractivity (Wildman–Crippen MR) is 53.5 cm³/mol. The van der Waals surface area contributed by atoms with E-state index in [-0.39, 0.29) is 0 Å². The second kappa shape index (κ2) is 3.67. The van der Waals surface area contributed by atoms with E-state index in [0.29, 0.717) is 6.04 Å². The molecule has 78 valence electrons. The summed E-state index contributed by atoms with van der Waals surface area (Å²) in [7, 11) is 0. The van der Waals surface area contributed by atoms with Crippen LogP contribution in [0.5, 0.6) is 0 Å². The summed E-state index contributed by atoms with van der Waals surface area (Å²) < 4.78 is 2.23. The van der Waals surface area contributed by atoms with Crippen LogP contribution in [-0.2, 0) is 0 Å². The minimum Gasteiger partial charge on any atom is -0.312 e. The maximum atomic E-state index is 5.72. The molecule has 0 aliphatic carbocycles. The molecule has 2 N–H and O–H groups in total. The molecule has 5 heteroatoms. The lowest BCUT2D eigenvalue weighted by molar-refractivity contribution is 0.187. The predicted octanol–water partition coefficient (Wildman–Crippen LogP) is 0.406. The van der Waals surface area contributed by atoms with Crippen molar-refractivity contribution in [3.05, 3.63) is 11.6 Å². The fourth-order valence-electron chi connectivity index (χ4n) is 2.15. The number of hydrogen-bond donors (Lipinski definition) is 1. The van der Waals surface area contributed by atoms with Crippen LogP contribution < -0.4 is 5.84 Å². The van der Waals surface area contributed by atoms with Gasteiger partial charge in [-0.3, -0.25) is 5.84 Å². The summed E-state index contributed by atoms with van der Waals surface area (Å²) in [5, 5.41) is 10.0. The standard InChI is InChI=1S/C9H17N5/c1-7-11-12-8(2)14(7)9-3-5-13(10)6-4-9/h9H,3-6,10H2,1-2H3. The third-order valence-electron chi connectivity index (χ3n) is 2.90. The van der Waals surface area contributed by atoms with E-state index in [1.807, 2.05) is 18.9 Å². The first-order chi connectivity index (χ1) is 6.68. The van der Waals surface area contributed by atoms with Gasteiger partial charge in [0, 0.05) is 19.1 Å². The van der Waals surface area contributed by atoms with Crippen LogP contribution in [0.2, 0.25) is 0 Å². The molecule has 1 aromatic rings. The molecule has 0 aromatic carbocycles. The SMILES string of the molecule is Cc1nnc(C)n1C1CCN(N)CC1. The van der Waals surface area contributed by atoms with Crippen molar-refractivity contribution < 1.29 is 0 Å². The zero-order chi connectivity index (χ0) is 10.1. The van der Waals surface area contributed by atoms with Gasteiger partial charge >= 0.3 is 0 Å². The molecule has 1 aliphatic heterocycles. The average Bonchev–Trinajstić information content (AvgIpc) is 2.49. The Morgan fingerprint density at radius 3 is 2.14 bits per heavy atom. The minimum absolute atomic E-state index is 0.532. The van der Waals surface area contributed by atoms with Crippen LogP contribution in [0.4, 0.5) is 0 Å². The van der Waals surface area contributed by atoms with Gasteiger partial charge in [0.1, 0.15) is 11.6 Å². The van der Waals surface area contributed by atoms with E-state index in [0.717, 1.165) is 37.6 Å². The molecule has 1 saturated heterocycles. The first-order valence-electron chi connectivity index (χ1n) is 5.06. The average molecular weight is 195 g/mol. The highest BCUT2D eigenvalue weighted by atomic mass is 15.4. The van der Waals surface area contributed by atoms with Gasteiger partial charge in [0.2, 0.25) is 0 Å². The third-order valence-corrected chi connectivity index (χ3v) is 2.90. The maximum Gasteiger partial charge on any atom is 0.130 e. The van der Waals surface area contributed by atoms with E-state index in [1.165, 1.54) is 0 Å². The van der Waals surface area contributed by atoms with Crippen LogP contribution in [0.25, 0.3) is 0 Å². The molecule has 1 aromatic heterocycles. The van der Waals surface area contributed by atoms with E-state index in [9.17, 15) is 0 Å². The van der Waals surface area contributed by atoms with Crippen LogP contribution in [0.15, 0.2) is 0 Å². The number of aryl methyl sites for hydroxylation is 2. The molecule has 0 unspecified atom stereocenters. The fraction of sp³-hybridized carbons (Fsp3) is 0.778. The molecular weight excluding hydrogens is 178 g/mol. The van der Waals surface area contributed by atoms with Gasteiger partial charge in [0.05, 0.1) is 0 Å². The van der Waals surface area contributed by atoms with Crippen LogP contribution in [-0.4, -0.2) is 32.9 Å². The van der Waals surface area contributed by atoms with E-state index in [2.05, 4.69) is 14.8 Å². The van der Waals surface area contributed by atoms with Crippen LogP contribution in [0.3, 0.4) is 0 Å². The quantitative estimate of drug-likeness (QED) is 0.659. The zero-order valence-electron chi connectivity index (χ0n) is 8.77. The largest absolute Gasteiger partial charge is 0.312 e. The van der Waals surface area contributed by atoms with Gasteiger partial charge in [-0.1, -0.05) is 0 Å². The first kappa shape index (κ1) is 9.61. The molecule has 0 atom stereocenters. The highest BCUT2D eigenvalue weighted by molar-refractivity contribution is 4.95. The monoisotopic (exact) mass is 195 g/mol. The first-order valence-corrected chi connectivity index (χ1v) is 5.06. The molecule has 0 bridgehead atoms. The second-order valence-corrected chi connectivity index (χ2v) is 3.93. The van der Waals surface area contributed by atoms with E-state index in [4.69, 9.17) is 5.84 Å². The molecule has 0 saturated carbocycles. The number of piperidine rings is 1. The Labute approximate surface area is 83.9 Å². The Kier molecular flexibility index (Phi) is 2.52. The number of hydrazine groups is 1. The van der Waals surface area contributed by atoms with Crippen molar-refractivity contribution in [2.75, 3.05) is 13.1 Å². The highest BCUT2D eigenvalue weighted by Gasteiger charge is 2.21. The van der Waals surface area contributed by atoms with Crippen molar-refractivity contribution in [1.29, 1.82) is 0 Å². The molecule has 1 fully saturated rings. The normalized spacial score (nSPS) is 20.2. The number of nitrogens with two attached hydrogens (primary N) is 1. The summed E-state index contributed by atoms with van der Waals surface area (Å²) in [6, 6.07) is 0.532. The zero-order valence-corrected chi connectivity index (χ0v) is 8.77. The third kappa shape index (κ3) is 1.65. The lowest BCUT2D eigenvalue weighted by atomic mass is 10.1. The number of hydrogen-bond acceptors (Lipinski definition) is 4. The van der Waals surface area contributed by atoms with E-state index >= 15 is 0 Å². The summed E-state index contributed by atoms with van der Waals surface area (Å²) in [5.74, 6) is 7.74. The van der Waals surface area contributed by atoms with E-state index in [1.54, 1.807) is 0 Å². The van der Waals surface area contributed by atoms with Crippen LogP contribution >= 0.6 is 0 Å². The Morgan fingerprint density at radius 1 is 1.14 bits per heavy atom. The second-order valence-electron chi connectivity index (χ2n) is 3.93. The summed E-state index contributed by atoms with van der Waals surface area (Å²) >= 11 is 0. The summed E-state index contributed by atoms with van der Waals surface area (Å²) in [6.07, 6.45) is 2.19. The molecule has 2 heterocycles. The number of nitrogens with zero attached hydrogens (tertiary/aromatic N) is 4. The molecule has 5 nitrogen and oxygen atoms in total. The summed E-state index contributed by atoms with van der Waals surface area (Å²) in [6.45, 7) is 5.94. The van der Waals surface area contributed by atoms with Gasteiger partial charge < -0.3 is 4.57 Å². The lowest BCUT2D eigenvalue weighted by Crippen LogP contribution is -2.39. The Morgan fingerprint density at radius 2 is 1.64 bits per heavy atom. The number of aromatic nitrogens is 3. The van der Waals surface area contributed by atoms with Gasteiger partial charge in [0.25, 0.3) is 0 Å². The van der Waals surface area contributed by atoms with Crippen molar-refractivity contribution in [1.82, 2.24) is 19.8 Å². The van der Waals surface area contributed by atoms with Crippen molar-refractivity contribution in [3.63, 3.8) is 0 Å². The molecule has 14 heavy (non-hydrogen) atoms.